The van der Waals surface area contributed by atoms with Gasteiger partial charge in [-0.15, -0.1) is 0 Å². The molecule has 4 aromatic rings. The van der Waals surface area contributed by atoms with Crippen molar-refractivity contribution < 1.29 is 9.21 Å². The minimum absolute atomic E-state index is 0.0374. The lowest BCUT2D eigenvalue weighted by molar-refractivity contribution is 0.0945. The average molecular weight is 376 g/mol. The maximum Gasteiger partial charge on any atom is 0.349 e. The highest BCUT2D eigenvalue weighted by atomic mass is 16.4. The van der Waals surface area contributed by atoms with Gasteiger partial charge in [-0.3, -0.25) is 9.89 Å². The van der Waals surface area contributed by atoms with E-state index in [4.69, 9.17) is 4.42 Å². The zero-order valence-corrected chi connectivity index (χ0v) is 15.4. The molecule has 0 aliphatic rings. The Morgan fingerprint density at radius 3 is 2.86 bits per heavy atom. The molecule has 28 heavy (non-hydrogen) atoms. The number of benzene rings is 1. The van der Waals surface area contributed by atoms with E-state index >= 15 is 0 Å². The lowest BCUT2D eigenvalue weighted by Gasteiger charge is -2.07. The van der Waals surface area contributed by atoms with Crippen LogP contribution in [0.2, 0.25) is 0 Å². The predicted octanol–water partition coefficient (Wildman–Crippen LogP) is 2.87. The number of aromatic amines is 2. The van der Waals surface area contributed by atoms with Gasteiger partial charge in [0.1, 0.15) is 11.3 Å². The van der Waals surface area contributed by atoms with Crippen LogP contribution in [0.25, 0.3) is 10.9 Å². The number of aryl methyl sites for hydroxylation is 3. The smallest absolute Gasteiger partial charge is 0.349 e. The van der Waals surface area contributed by atoms with Gasteiger partial charge in [0.25, 0.3) is 5.91 Å². The number of carbonyl (C=O) groups is 1. The normalized spacial score (nSPS) is 11.0. The molecule has 3 aromatic heterocycles. The zero-order chi connectivity index (χ0) is 19.5. The topological polar surface area (TPSA) is 104 Å². The third-order valence-corrected chi connectivity index (χ3v) is 4.74. The van der Waals surface area contributed by atoms with Gasteiger partial charge in [-0.2, -0.15) is 5.10 Å². The minimum atomic E-state index is -0.615. The molecule has 0 fully saturated rings. The van der Waals surface area contributed by atoms with E-state index in [9.17, 15) is 9.59 Å². The molecule has 0 aliphatic heterocycles. The van der Waals surface area contributed by atoms with Crippen molar-refractivity contribution in [1.82, 2.24) is 20.5 Å². The third kappa shape index (κ3) is 3.59. The summed E-state index contributed by atoms with van der Waals surface area (Å²) >= 11 is 0. The summed E-state index contributed by atoms with van der Waals surface area (Å²) in [5.74, 6) is 0.113. The van der Waals surface area contributed by atoms with Crippen molar-refractivity contribution in [3.8, 4) is 0 Å². The minimum Gasteiger partial charge on any atom is -0.427 e. The molecular weight excluding hydrogens is 356 g/mol. The maximum atomic E-state index is 12.4. The van der Waals surface area contributed by atoms with Crippen LogP contribution < -0.4 is 10.9 Å². The van der Waals surface area contributed by atoms with Gasteiger partial charge < -0.3 is 14.7 Å². The number of para-hydroxylation sites is 1. The molecule has 0 unspecified atom stereocenters. The lowest BCUT2D eigenvalue weighted by Crippen LogP contribution is -2.29. The van der Waals surface area contributed by atoms with E-state index in [1.54, 1.807) is 25.3 Å². The number of aromatic nitrogens is 3. The Bertz CT molecular complexity index is 1170. The van der Waals surface area contributed by atoms with Crippen LogP contribution in [0.3, 0.4) is 0 Å². The molecule has 4 rings (SSSR count). The summed E-state index contributed by atoms with van der Waals surface area (Å²) in [6.07, 6.45) is 4.89. The highest BCUT2D eigenvalue weighted by Crippen LogP contribution is 2.19. The monoisotopic (exact) mass is 376 g/mol. The second kappa shape index (κ2) is 7.56. The van der Waals surface area contributed by atoms with Gasteiger partial charge in [-0.25, -0.2) is 4.79 Å². The van der Waals surface area contributed by atoms with Crippen molar-refractivity contribution >= 4 is 16.8 Å². The second-order valence-electron chi connectivity index (χ2n) is 6.68. The van der Waals surface area contributed by atoms with Crippen LogP contribution in [-0.2, 0) is 19.4 Å². The summed E-state index contributed by atoms with van der Waals surface area (Å²) in [5, 5.41) is 10.4. The fraction of sp³-hybridized carbons (Fsp3) is 0.190. The van der Waals surface area contributed by atoms with Gasteiger partial charge in [0.05, 0.1) is 12.2 Å². The van der Waals surface area contributed by atoms with Crippen molar-refractivity contribution in [1.29, 1.82) is 0 Å². The SMILES string of the molecule is Cc1cc(CCc2c[nH]c3ccccc23)oc(=O)c1C(=O)NCc1ccn[nH]1. The van der Waals surface area contributed by atoms with Crippen molar-refractivity contribution in [3.63, 3.8) is 0 Å². The number of rotatable bonds is 6. The highest BCUT2D eigenvalue weighted by Gasteiger charge is 2.17. The van der Waals surface area contributed by atoms with Crippen LogP contribution in [0.1, 0.15) is 32.9 Å². The van der Waals surface area contributed by atoms with Crippen molar-refractivity contribution in [2.24, 2.45) is 0 Å². The summed E-state index contributed by atoms with van der Waals surface area (Å²) in [7, 11) is 0. The average Bonchev–Trinajstić information content (AvgIpc) is 3.34. The Balaban J connectivity index is 1.47. The van der Waals surface area contributed by atoms with Crippen LogP contribution in [0.15, 0.2) is 58.0 Å². The number of H-pyrrole nitrogens is 2. The highest BCUT2D eigenvalue weighted by molar-refractivity contribution is 5.95. The van der Waals surface area contributed by atoms with Gasteiger partial charge in [-0.05, 0) is 42.7 Å². The Hall–Kier alpha value is -3.61. The van der Waals surface area contributed by atoms with Crippen LogP contribution in [0, 0.1) is 6.92 Å². The van der Waals surface area contributed by atoms with E-state index in [-0.39, 0.29) is 12.1 Å². The molecule has 0 atom stereocenters. The summed E-state index contributed by atoms with van der Waals surface area (Å²) in [6, 6.07) is 11.6. The molecule has 7 nitrogen and oxygen atoms in total. The third-order valence-electron chi connectivity index (χ3n) is 4.74. The Morgan fingerprint density at radius 2 is 2.07 bits per heavy atom. The molecule has 142 valence electrons. The number of nitrogens with one attached hydrogen (secondary N) is 3. The van der Waals surface area contributed by atoms with Gasteiger partial charge >= 0.3 is 5.63 Å². The van der Waals surface area contributed by atoms with Gasteiger partial charge in [0, 0.05) is 29.7 Å². The van der Waals surface area contributed by atoms with E-state index in [1.165, 1.54) is 0 Å². The Labute approximate surface area is 160 Å². The summed E-state index contributed by atoms with van der Waals surface area (Å²) in [6.45, 7) is 2.01. The Kier molecular flexibility index (Phi) is 4.80. The van der Waals surface area contributed by atoms with Gasteiger partial charge in [0.15, 0.2) is 0 Å². The first-order chi connectivity index (χ1) is 13.6. The summed E-state index contributed by atoms with van der Waals surface area (Å²) in [5.41, 5.74) is 3.03. The molecule has 1 amide bonds. The molecule has 0 saturated carbocycles. The molecule has 0 radical (unpaired) electrons. The molecule has 0 aliphatic carbocycles. The second-order valence-corrected chi connectivity index (χ2v) is 6.68. The van der Waals surface area contributed by atoms with E-state index in [2.05, 4.69) is 26.6 Å². The van der Waals surface area contributed by atoms with Crippen LogP contribution in [0.5, 0.6) is 0 Å². The number of hydrogen-bond acceptors (Lipinski definition) is 4. The van der Waals surface area contributed by atoms with Crippen molar-refractivity contribution in [2.45, 2.75) is 26.3 Å². The predicted molar refractivity (Wildman–Crippen MR) is 105 cm³/mol. The zero-order valence-electron chi connectivity index (χ0n) is 15.4. The molecule has 7 heteroatoms. The fourth-order valence-electron chi connectivity index (χ4n) is 3.31. The first-order valence-corrected chi connectivity index (χ1v) is 9.07. The van der Waals surface area contributed by atoms with E-state index in [1.807, 2.05) is 24.4 Å². The number of amides is 1. The molecule has 3 N–H and O–H groups in total. The summed E-state index contributed by atoms with van der Waals surface area (Å²) < 4.78 is 5.41. The molecule has 3 heterocycles. The standard InChI is InChI=1S/C21H20N4O3/c1-13-10-16(7-6-14-11-22-18-5-3-2-4-17(14)18)28-21(27)19(13)20(26)23-12-15-8-9-24-25-15/h2-5,8-11,22H,6-7,12H2,1H3,(H,23,26)(H,24,25). The number of hydrogen-bond donors (Lipinski definition) is 3. The molecule has 0 saturated heterocycles. The molecule has 0 spiro atoms. The maximum absolute atomic E-state index is 12.4. The van der Waals surface area contributed by atoms with E-state index in [0.717, 1.165) is 28.6 Å². The first kappa shape index (κ1) is 17.8. The van der Waals surface area contributed by atoms with Crippen LogP contribution in [0.4, 0.5) is 0 Å². The largest absolute Gasteiger partial charge is 0.427 e. The molecule has 1 aromatic carbocycles. The van der Waals surface area contributed by atoms with E-state index < -0.39 is 11.5 Å². The van der Waals surface area contributed by atoms with Gasteiger partial charge in [-0.1, -0.05) is 18.2 Å². The lowest BCUT2D eigenvalue weighted by atomic mass is 10.1. The van der Waals surface area contributed by atoms with Gasteiger partial charge in [0.2, 0.25) is 0 Å². The molecule has 0 bridgehead atoms. The summed E-state index contributed by atoms with van der Waals surface area (Å²) in [4.78, 5) is 28.0. The number of nitrogens with zero attached hydrogens (tertiary/aromatic N) is 1. The van der Waals surface area contributed by atoms with E-state index in [0.29, 0.717) is 17.7 Å². The Morgan fingerprint density at radius 1 is 1.21 bits per heavy atom. The van der Waals surface area contributed by atoms with Crippen LogP contribution in [-0.4, -0.2) is 21.1 Å². The molecular formula is C21H20N4O3. The number of fused-ring (bicyclic) bond motifs is 1. The fourth-order valence-corrected chi connectivity index (χ4v) is 3.31. The van der Waals surface area contributed by atoms with Crippen LogP contribution >= 0.6 is 0 Å². The quantitative estimate of drug-likeness (QED) is 0.481. The van der Waals surface area contributed by atoms with Crippen molar-refractivity contribution in [2.75, 3.05) is 0 Å². The number of carbonyl (C=O) groups excluding carboxylic acids is 1. The van der Waals surface area contributed by atoms with Crippen molar-refractivity contribution in [3.05, 3.63) is 87.4 Å². The first-order valence-electron chi connectivity index (χ1n) is 9.07.